The molecule has 174 valence electrons. The lowest BCUT2D eigenvalue weighted by atomic mass is 9.77. The normalized spacial score (nSPS) is 17.6. The van der Waals surface area contributed by atoms with Gasteiger partial charge in [-0.05, 0) is 60.1 Å². The van der Waals surface area contributed by atoms with Gasteiger partial charge < -0.3 is 0 Å². The van der Waals surface area contributed by atoms with E-state index in [4.69, 9.17) is 4.99 Å². The van der Waals surface area contributed by atoms with Gasteiger partial charge in [0.15, 0.2) is 5.78 Å². The zero-order valence-corrected chi connectivity index (χ0v) is 19.2. The number of carbonyl (C=O) groups is 1. The largest absolute Gasteiger partial charge is 0.391 e. The van der Waals surface area contributed by atoms with Crippen LogP contribution in [0.25, 0.3) is 11.1 Å². The van der Waals surface area contributed by atoms with E-state index in [-0.39, 0.29) is 18.6 Å². The third-order valence-electron chi connectivity index (χ3n) is 7.13. The van der Waals surface area contributed by atoms with Crippen molar-refractivity contribution < 1.29 is 18.0 Å². The van der Waals surface area contributed by atoms with E-state index in [9.17, 15) is 18.0 Å². The number of carbonyl (C=O) groups excluding carboxylic acids is 1. The first-order chi connectivity index (χ1) is 16.3. The van der Waals surface area contributed by atoms with E-state index in [1.807, 2.05) is 49.4 Å². The fraction of sp³-hybridized carbons (Fsp3) is 0.310. The molecule has 34 heavy (non-hydrogen) atoms. The number of ketones is 1. The summed E-state index contributed by atoms with van der Waals surface area (Å²) in [5.41, 5.74) is 7.42. The Bertz CT molecular complexity index is 1300. The summed E-state index contributed by atoms with van der Waals surface area (Å²) < 4.78 is 41.8. The quantitative estimate of drug-likeness (QED) is 0.297. The highest BCUT2D eigenvalue weighted by Crippen LogP contribution is 2.44. The fourth-order valence-corrected chi connectivity index (χ4v) is 5.48. The predicted octanol–water partition coefficient (Wildman–Crippen LogP) is 7.87. The van der Waals surface area contributed by atoms with Gasteiger partial charge in [0.05, 0.1) is 23.2 Å². The lowest BCUT2D eigenvalue weighted by molar-refractivity contribution is -0.178. The number of nitrogens with zero attached hydrogens (tertiary/aromatic N) is 1. The van der Waals surface area contributed by atoms with Crippen molar-refractivity contribution in [1.29, 1.82) is 0 Å². The van der Waals surface area contributed by atoms with Crippen molar-refractivity contribution in [2.75, 3.05) is 0 Å². The summed E-state index contributed by atoms with van der Waals surface area (Å²) in [6.07, 6.45) is -3.55. The first kappa shape index (κ1) is 22.6. The number of Topliss-reactive ketones (excluding diaryl/α,β-unsaturated/α-hetero) is 1. The van der Waals surface area contributed by atoms with E-state index in [1.54, 1.807) is 13.0 Å². The van der Waals surface area contributed by atoms with Crippen LogP contribution in [-0.4, -0.2) is 17.7 Å². The summed E-state index contributed by atoms with van der Waals surface area (Å²) in [7, 11) is 0. The molecule has 0 aromatic heterocycles. The van der Waals surface area contributed by atoms with Crippen LogP contribution < -0.4 is 0 Å². The maximum Gasteiger partial charge on any atom is 0.391 e. The summed E-state index contributed by atoms with van der Waals surface area (Å²) >= 11 is 0. The second-order valence-electron chi connectivity index (χ2n) is 9.31. The Morgan fingerprint density at radius 3 is 2.44 bits per heavy atom. The molecule has 2 nitrogen and oxygen atoms in total. The van der Waals surface area contributed by atoms with E-state index < -0.39 is 18.0 Å². The van der Waals surface area contributed by atoms with Gasteiger partial charge in [-0.2, -0.15) is 13.2 Å². The highest BCUT2D eigenvalue weighted by molar-refractivity contribution is 6.24. The fourth-order valence-electron chi connectivity index (χ4n) is 5.48. The summed E-state index contributed by atoms with van der Waals surface area (Å²) in [4.78, 5) is 18.6. The number of rotatable bonds is 5. The molecule has 1 aliphatic carbocycles. The van der Waals surface area contributed by atoms with Crippen molar-refractivity contribution in [2.45, 2.75) is 45.7 Å². The van der Waals surface area contributed by atoms with Gasteiger partial charge in [-0.25, -0.2) is 0 Å². The lowest BCUT2D eigenvalue weighted by Crippen LogP contribution is -2.35. The van der Waals surface area contributed by atoms with Crippen LogP contribution in [0, 0.1) is 18.8 Å². The van der Waals surface area contributed by atoms with E-state index in [1.165, 1.54) is 5.56 Å². The van der Waals surface area contributed by atoms with Gasteiger partial charge in [-0.1, -0.05) is 67.9 Å². The molecule has 1 heterocycles. The Balaban J connectivity index is 1.67. The molecule has 3 aromatic carbocycles. The molecule has 0 bridgehead atoms. The van der Waals surface area contributed by atoms with Crippen LogP contribution in [0.4, 0.5) is 18.9 Å². The van der Waals surface area contributed by atoms with Crippen LogP contribution in [0.2, 0.25) is 0 Å². The van der Waals surface area contributed by atoms with E-state index in [0.29, 0.717) is 29.8 Å². The lowest BCUT2D eigenvalue weighted by Gasteiger charge is -2.30. The van der Waals surface area contributed by atoms with Crippen molar-refractivity contribution in [2.24, 2.45) is 16.8 Å². The SMILES string of the molecule is CCCC(CC1C(=O)c2c(C)cccc2N=C1c1cccc2c1Cc1ccccc1-2)C(F)(F)F. The van der Waals surface area contributed by atoms with Gasteiger partial charge in [0.1, 0.15) is 0 Å². The van der Waals surface area contributed by atoms with Gasteiger partial charge in [-0.3, -0.25) is 9.79 Å². The third-order valence-corrected chi connectivity index (χ3v) is 7.13. The number of aliphatic imine (C=N–C) groups is 1. The summed E-state index contributed by atoms with van der Waals surface area (Å²) in [5.74, 6) is -2.73. The second-order valence-corrected chi connectivity index (χ2v) is 9.31. The van der Waals surface area contributed by atoms with Crippen molar-refractivity contribution in [3.8, 4) is 11.1 Å². The van der Waals surface area contributed by atoms with E-state index in [2.05, 4.69) is 12.1 Å². The third kappa shape index (κ3) is 3.77. The minimum atomic E-state index is -4.36. The van der Waals surface area contributed by atoms with Crippen LogP contribution in [-0.2, 0) is 6.42 Å². The summed E-state index contributed by atoms with van der Waals surface area (Å²) in [6.45, 7) is 3.57. The van der Waals surface area contributed by atoms with E-state index >= 15 is 0 Å². The molecule has 5 rings (SSSR count). The molecule has 0 saturated carbocycles. The molecule has 2 unspecified atom stereocenters. The molecule has 0 saturated heterocycles. The molecular formula is C29H26F3NO. The standard InChI is InChI=1S/C29H26F3NO/c1-3-8-19(29(30,31)32)16-24-27(33-25-14-6-9-17(2)26(25)28(24)34)22-13-7-12-21-20-11-5-4-10-18(20)15-23(21)22/h4-7,9-14,19,24H,3,8,15-16H2,1-2H3. The average molecular weight is 462 g/mol. The minimum Gasteiger partial charge on any atom is -0.293 e. The molecule has 5 heteroatoms. The van der Waals surface area contributed by atoms with Crippen LogP contribution in [0.5, 0.6) is 0 Å². The van der Waals surface area contributed by atoms with Crippen molar-refractivity contribution in [1.82, 2.24) is 0 Å². The van der Waals surface area contributed by atoms with Crippen LogP contribution in [0.15, 0.2) is 65.7 Å². The smallest absolute Gasteiger partial charge is 0.293 e. The topological polar surface area (TPSA) is 29.4 Å². The molecule has 2 aliphatic rings. The maximum atomic E-state index is 13.9. The summed E-state index contributed by atoms with van der Waals surface area (Å²) in [6, 6.07) is 19.4. The number of halogens is 3. The monoisotopic (exact) mass is 461 g/mol. The first-order valence-corrected chi connectivity index (χ1v) is 11.8. The molecule has 2 atom stereocenters. The van der Waals surface area contributed by atoms with Crippen molar-refractivity contribution >= 4 is 17.2 Å². The predicted molar refractivity (Wildman–Crippen MR) is 129 cm³/mol. The number of alkyl halides is 3. The Hall–Kier alpha value is -3.21. The van der Waals surface area contributed by atoms with Gasteiger partial charge in [0, 0.05) is 11.1 Å². The van der Waals surface area contributed by atoms with Crippen molar-refractivity contribution in [3.63, 3.8) is 0 Å². The number of hydrogen-bond donors (Lipinski definition) is 0. The molecular weight excluding hydrogens is 435 g/mol. The number of aryl methyl sites for hydroxylation is 1. The van der Waals surface area contributed by atoms with Crippen LogP contribution in [0.1, 0.15) is 58.8 Å². The number of fused-ring (bicyclic) bond motifs is 4. The van der Waals surface area contributed by atoms with Crippen LogP contribution >= 0.6 is 0 Å². The molecule has 0 N–H and O–H groups in total. The number of hydrogen-bond acceptors (Lipinski definition) is 2. The van der Waals surface area contributed by atoms with E-state index in [0.717, 1.165) is 27.8 Å². The van der Waals surface area contributed by atoms with Crippen molar-refractivity contribution in [3.05, 3.63) is 88.5 Å². The molecule has 0 fully saturated rings. The maximum absolute atomic E-state index is 13.9. The Morgan fingerprint density at radius 1 is 0.971 bits per heavy atom. The second kappa shape index (κ2) is 8.53. The minimum absolute atomic E-state index is 0.000469. The first-order valence-electron chi connectivity index (χ1n) is 11.8. The highest BCUT2D eigenvalue weighted by Gasteiger charge is 2.44. The van der Waals surface area contributed by atoms with Gasteiger partial charge in [-0.15, -0.1) is 0 Å². The zero-order valence-electron chi connectivity index (χ0n) is 19.2. The average Bonchev–Trinajstić information content (AvgIpc) is 3.18. The number of benzene rings is 3. The Kier molecular flexibility index (Phi) is 5.67. The Morgan fingerprint density at radius 2 is 1.68 bits per heavy atom. The Labute approximate surface area is 197 Å². The van der Waals surface area contributed by atoms with Gasteiger partial charge in [0.2, 0.25) is 0 Å². The van der Waals surface area contributed by atoms with Crippen LogP contribution in [0.3, 0.4) is 0 Å². The molecule has 3 aromatic rings. The highest BCUT2D eigenvalue weighted by atomic mass is 19.4. The molecule has 1 aliphatic heterocycles. The van der Waals surface area contributed by atoms with Gasteiger partial charge in [0.25, 0.3) is 0 Å². The zero-order chi connectivity index (χ0) is 24.0. The summed E-state index contributed by atoms with van der Waals surface area (Å²) in [5, 5.41) is 0. The van der Waals surface area contributed by atoms with Gasteiger partial charge >= 0.3 is 6.18 Å². The molecule has 0 spiro atoms. The molecule has 0 radical (unpaired) electrons. The molecule has 0 amide bonds.